The van der Waals surface area contributed by atoms with E-state index in [9.17, 15) is 4.79 Å². The predicted octanol–water partition coefficient (Wildman–Crippen LogP) is 3.93. The highest BCUT2D eigenvalue weighted by Crippen LogP contribution is 2.18. The Hall–Kier alpha value is -2.09. The lowest BCUT2D eigenvalue weighted by molar-refractivity contribution is 0.100. The molecule has 0 fully saturated rings. The van der Waals surface area contributed by atoms with E-state index >= 15 is 0 Å². The Morgan fingerprint density at radius 2 is 1.65 bits per heavy atom. The van der Waals surface area contributed by atoms with Crippen molar-refractivity contribution in [2.24, 2.45) is 0 Å². The SMILES string of the molecule is Cc1ccc(C(=O)CN(C)c2ccccc2C)cc1C. The number of carbonyl (C=O) groups excluding carboxylic acids is 1. The van der Waals surface area contributed by atoms with Gasteiger partial charge in [-0.3, -0.25) is 4.79 Å². The first-order valence-electron chi connectivity index (χ1n) is 6.86. The van der Waals surface area contributed by atoms with Gasteiger partial charge in [0.15, 0.2) is 5.78 Å². The average Bonchev–Trinajstić information content (AvgIpc) is 2.42. The summed E-state index contributed by atoms with van der Waals surface area (Å²) in [5.41, 5.74) is 5.45. The Morgan fingerprint density at radius 1 is 0.950 bits per heavy atom. The van der Waals surface area contributed by atoms with Crippen molar-refractivity contribution >= 4 is 11.5 Å². The molecule has 0 bridgehead atoms. The van der Waals surface area contributed by atoms with Gasteiger partial charge in [-0.05, 0) is 49.6 Å². The number of para-hydroxylation sites is 1. The molecule has 0 unspecified atom stereocenters. The van der Waals surface area contributed by atoms with E-state index in [-0.39, 0.29) is 5.78 Å². The first kappa shape index (κ1) is 14.3. The lowest BCUT2D eigenvalue weighted by Gasteiger charge is -2.20. The molecule has 0 heterocycles. The van der Waals surface area contributed by atoms with Crippen molar-refractivity contribution in [2.75, 3.05) is 18.5 Å². The van der Waals surface area contributed by atoms with Crippen LogP contribution in [0.4, 0.5) is 5.69 Å². The van der Waals surface area contributed by atoms with E-state index in [0.29, 0.717) is 6.54 Å². The second-order valence-electron chi connectivity index (χ2n) is 5.36. The Balaban J connectivity index is 2.15. The molecule has 0 saturated heterocycles. The molecular formula is C18H21NO. The molecule has 0 aromatic heterocycles. The van der Waals surface area contributed by atoms with Crippen molar-refractivity contribution in [2.45, 2.75) is 20.8 Å². The normalized spacial score (nSPS) is 10.4. The molecule has 2 aromatic rings. The van der Waals surface area contributed by atoms with E-state index in [1.54, 1.807) is 0 Å². The molecule has 0 saturated carbocycles. The molecule has 2 heteroatoms. The molecule has 20 heavy (non-hydrogen) atoms. The van der Waals surface area contributed by atoms with Crippen molar-refractivity contribution in [1.82, 2.24) is 0 Å². The topological polar surface area (TPSA) is 20.3 Å². The van der Waals surface area contributed by atoms with Gasteiger partial charge in [-0.1, -0.05) is 30.3 Å². The average molecular weight is 267 g/mol. The Kier molecular flexibility index (Phi) is 4.23. The van der Waals surface area contributed by atoms with Crippen LogP contribution in [0, 0.1) is 20.8 Å². The van der Waals surface area contributed by atoms with Crippen LogP contribution < -0.4 is 4.90 Å². The van der Waals surface area contributed by atoms with E-state index in [2.05, 4.69) is 19.9 Å². The van der Waals surface area contributed by atoms with Gasteiger partial charge in [-0.25, -0.2) is 0 Å². The molecule has 104 valence electrons. The summed E-state index contributed by atoms with van der Waals surface area (Å²) < 4.78 is 0. The van der Waals surface area contributed by atoms with Crippen LogP contribution in [0.2, 0.25) is 0 Å². The number of hydrogen-bond acceptors (Lipinski definition) is 2. The maximum atomic E-state index is 12.4. The molecule has 0 radical (unpaired) electrons. The minimum atomic E-state index is 0.152. The summed E-state index contributed by atoms with van der Waals surface area (Å²) >= 11 is 0. The highest BCUT2D eigenvalue weighted by molar-refractivity contribution is 5.99. The molecule has 0 aliphatic carbocycles. The molecule has 0 aliphatic rings. The summed E-state index contributed by atoms with van der Waals surface area (Å²) in [6.45, 7) is 6.56. The largest absolute Gasteiger partial charge is 0.367 e. The van der Waals surface area contributed by atoms with Crippen molar-refractivity contribution in [1.29, 1.82) is 0 Å². The molecule has 2 nitrogen and oxygen atoms in total. The van der Waals surface area contributed by atoms with Crippen molar-refractivity contribution in [3.8, 4) is 0 Å². The molecule has 0 N–H and O–H groups in total. The Labute approximate surface area is 121 Å². The lowest BCUT2D eigenvalue weighted by atomic mass is 10.0. The molecule has 2 rings (SSSR count). The summed E-state index contributed by atoms with van der Waals surface area (Å²) in [5.74, 6) is 0.152. The second kappa shape index (κ2) is 5.91. The number of aryl methyl sites for hydroxylation is 3. The first-order chi connectivity index (χ1) is 9.49. The number of carbonyl (C=O) groups is 1. The third-order valence-electron chi connectivity index (χ3n) is 3.74. The molecule has 0 spiro atoms. The summed E-state index contributed by atoms with van der Waals surface area (Å²) in [5, 5.41) is 0. The Morgan fingerprint density at radius 3 is 2.30 bits per heavy atom. The fourth-order valence-electron chi connectivity index (χ4n) is 2.30. The van der Waals surface area contributed by atoms with Gasteiger partial charge in [0.25, 0.3) is 0 Å². The number of Topliss-reactive ketones (excluding diaryl/α,β-unsaturated/α-hetero) is 1. The minimum Gasteiger partial charge on any atom is -0.367 e. The number of rotatable bonds is 4. The van der Waals surface area contributed by atoms with Crippen LogP contribution in [0.25, 0.3) is 0 Å². The lowest BCUT2D eigenvalue weighted by Crippen LogP contribution is -2.26. The fourth-order valence-corrected chi connectivity index (χ4v) is 2.30. The van der Waals surface area contributed by atoms with Gasteiger partial charge < -0.3 is 4.90 Å². The van der Waals surface area contributed by atoms with E-state index in [0.717, 1.165) is 16.8 Å². The number of ketones is 1. The van der Waals surface area contributed by atoms with Gasteiger partial charge >= 0.3 is 0 Å². The highest BCUT2D eigenvalue weighted by atomic mass is 16.1. The van der Waals surface area contributed by atoms with Gasteiger partial charge in [0, 0.05) is 18.3 Å². The maximum Gasteiger partial charge on any atom is 0.182 e. The van der Waals surface area contributed by atoms with Crippen LogP contribution in [0.3, 0.4) is 0 Å². The smallest absolute Gasteiger partial charge is 0.182 e. The quantitative estimate of drug-likeness (QED) is 0.782. The van der Waals surface area contributed by atoms with E-state index < -0.39 is 0 Å². The number of benzene rings is 2. The number of anilines is 1. The van der Waals surface area contributed by atoms with Gasteiger partial charge in [0.2, 0.25) is 0 Å². The zero-order chi connectivity index (χ0) is 14.7. The summed E-state index contributed by atoms with van der Waals surface area (Å²) in [6, 6.07) is 14.0. The monoisotopic (exact) mass is 267 g/mol. The number of nitrogens with zero attached hydrogens (tertiary/aromatic N) is 1. The van der Waals surface area contributed by atoms with Crippen LogP contribution in [0.1, 0.15) is 27.0 Å². The maximum absolute atomic E-state index is 12.4. The fraction of sp³-hybridized carbons (Fsp3) is 0.278. The standard InChI is InChI=1S/C18H21NO/c1-13-9-10-16(11-15(13)3)18(20)12-19(4)17-8-6-5-7-14(17)2/h5-11H,12H2,1-4H3. The van der Waals surface area contributed by atoms with E-state index in [1.165, 1.54) is 11.1 Å². The molecule has 0 amide bonds. The minimum absolute atomic E-state index is 0.152. The molecule has 0 atom stereocenters. The van der Waals surface area contributed by atoms with Crippen molar-refractivity contribution in [3.05, 3.63) is 64.7 Å². The summed E-state index contributed by atoms with van der Waals surface area (Å²) in [4.78, 5) is 14.4. The van der Waals surface area contributed by atoms with E-state index in [4.69, 9.17) is 0 Å². The third-order valence-corrected chi connectivity index (χ3v) is 3.74. The van der Waals surface area contributed by atoms with Crippen LogP contribution >= 0.6 is 0 Å². The first-order valence-corrected chi connectivity index (χ1v) is 6.86. The molecular weight excluding hydrogens is 246 g/mol. The van der Waals surface area contributed by atoms with Gasteiger partial charge in [0.05, 0.1) is 6.54 Å². The molecule has 2 aromatic carbocycles. The number of hydrogen-bond donors (Lipinski definition) is 0. The summed E-state index contributed by atoms with van der Waals surface area (Å²) in [6.07, 6.45) is 0. The van der Waals surface area contributed by atoms with Gasteiger partial charge in [-0.2, -0.15) is 0 Å². The van der Waals surface area contributed by atoms with Gasteiger partial charge in [0.1, 0.15) is 0 Å². The van der Waals surface area contributed by atoms with Crippen molar-refractivity contribution in [3.63, 3.8) is 0 Å². The second-order valence-corrected chi connectivity index (χ2v) is 5.36. The van der Waals surface area contributed by atoms with Gasteiger partial charge in [-0.15, -0.1) is 0 Å². The number of likely N-dealkylation sites (N-methyl/N-ethyl adjacent to an activating group) is 1. The zero-order valence-electron chi connectivity index (χ0n) is 12.6. The summed E-state index contributed by atoms with van der Waals surface area (Å²) in [7, 11) is 1.96. The van der Waals surface area contributed by atoms with E-state index in [1.807, 2.05) is 55.3 Å². The van der Waals surface area contributed by atoms with Crippen molar-refractivity contribution < 1.29 is 4.79 Å². The van der Waals surface area contributed by atoms with Crippen LogP contribution in [-0.4, -0.2) is 19.4 Å². The van der Waals surface area contributed by atoms with Crippen LogP contribution in [-0.2, 0) is 0 Å². The Bertz CT molecular complexity index is 631. The third kappa shape index (κ3) is 3.08. The van der Waals surface area contributed by atoms with Crippen LogP contribution in [0.15, 0.2) is 42.5 Å². The predicted molar refractivity (Wildman–Crippen MR) is 84.7 cm³/mol. The zero-order valence-corrected chi connectivity index (χ0v) is 12.6. The van der Waals surface area contributed by atoms with Crippen LogP contribution in [0.5, 0.6) is 0 Å². The highest BCUT2D eigenvalue weighted by Gasteiger charge is 2.11. The molecule has 0 aliphatic heterocycles.